The molecule has 1 N–H and O–H groups in total. The van der Waals surface area contributed by atoms with Crippen molar-refractivity contribution in [3.8, 4) is 5.88 Å². The molecular weight excluding hydrogens is 244 g/mol. The van der Waals surface area contributed by atoms with Gasteiger partial charge < -0.3 is 14.8 Å². The van der Waals surface area contributed by atoms with Gasteiger partial charge >= 0.3 is 5.97 Å². The Morgan fingerprint density at radius 2 is 2.21 bits per heavy atom. The van der Waals surface area contributed by atoms with Crippen molar-refractivity contribution < 1.29 is 14.3 Å². The molecule has 0 spiro atoms. The van der Waals surface area contributed by atoms with E-state index in [1.807, 2.05) is 25.1 Å². The molecule has 0 aromatic carbocycles. The fraction of sp³-hybridized carbons (Fsp3) is 0.429. The lowest BCUT2D eigenvalue weighted by Crippen LogP contribution is -2.15. The zero-order valence-corrected chi connectivity index (χ0v) is 11.6. The van der Waals surface area contributed by atoms with E-state index in [1.54, 1.807) is 13.3 Å². The van der Waals surface area contributed by atoms with Crippen molar-refractivity contribution in [2.75, 3.05) is 20.8 Å². The number of ether oxygens (including phenoxy) is 2. The highest BCUT2D eigenvalue weighted by Crippen LogP contribution is 2.06. The van der Waals surface area contributed by atoms with Gasteiger partial charge in [0.05, 0.1) is 14.2 Å². The van der Waals surface area contributed by atoms with Crippen molar-refractivity contribution in [3.05, 3.63) is 35.5 Å². The highest BCUT2D eigenvalue weighted by molar-refractivity contribution is 5.88. The first-order valence-electron chi connectivity index (χ1n) is 6.18. The molecule has 0 radical (unpaired) electrons. The largest absolute Gasteiger partial charge is 0.481 e. The van der Waals surface area contributed by atoms with Crippen LogP contribution in [0.5, 0.6) is 5.88 Å². The lowest BCUT2D eigenvalue weighted by atomic mass is 10.2. The van der Waals surface area contributed by atoms with Crippen LogP contribution >= 0.6 is 0 Å². The van der Waals surface area contributed by atoms with Gasteiger partial charge in [-0.2, -0.15) is 0 Å². The average Bonchev–Trinajstić information content (AvgIpc) is 2.47. The molecule has 0 fully saturated rings. The first-order chi connectivity index (χ1) is 9.21. The maximum Gasteiger partial charge on any atom is 0.333 e. The van der Waals surface area contributed by atoms with Crippen LogP contribution in [0, 0.1) is 0 Å². The van der Waals surface area contributed by atoms with Crippen LogP contribution in [0.3, 0.4) is 0 Å². The molecule has 5 heteroatoms. The topological polar surface area (TPSA) is 60.5 Å². The van der Waals surface area contributed by atoms with Crippen molar-refractivity contribution in [2.45, 2.75) is 19.9 Å². The monoisotopic (exact) mass is 264 g/mol. The molecule has 1 heterocycles. The quantitative estimate of drug-likeness (QED) is 0.461. The minimum atomic E-state index is -0.268. The summed E-state index contributed by atoms with van der Waals surface area (Å²) in [6, 6.07) is 3.77. The smallest absolute Gasteiger partial charge is 0.333 e. The van der Waals surface area contributed by atoms with E-state index in [4.69, 9.17) is 4.74 Å². The fourth-order valence-electron chi connectivity index (χ4n) is 1.55. The third-order valence-electron chi connectivity index (χ3n) is 2.66. The van der Waals surface area contributed by atoms with E-state index in [2.05, 4.69) is 15.0 Å². The van der Waals surface area contributed by atoms with E-state index in [1.165, 1.54) is 7.11 Å². The second-order valence-corrected chi connectivity index (χ2v) is 3.91. The van der Waals surface area contributed by atoms with Crippen LogP contribution in [-0.4, -0.2) is 31.7 Å². The Morgan fingerprint density at radius 3 is 2.74 bits per heavy atom. The maximum absolute atomic E-state index is 11.3. The van der Waals surface area contributed by atoms with E-state index in [0.29, 0.717) is 31.0 Å². The summed E-state index contributed by atoms with van der Waals surface area (Å²) in [5.41, 5.74) is 1.74. The summed E-state index contributed by atoms with van der Waals surface area (Å²) < 4.78 is 9.67. The van der Waals surface area contributed by atoms with E-state index in [-0.39, 0.29) is 5.97 Å². The number of carbonyl (C=O) groups is 1. The van der Waals surface area contributed by atoms with Gasteiger partial charge in [-0.05, 0) is 12.0 Å². The Bertz CT molecular complexity index is 427. The summed E-state index contributed by atoms with van der Waals surface area (Å²) in [6.45, 7) is 3.23. The van der Waals surface area contributed by atoms with Crippen molar-refractivity contribution in [3.63, 3.8) is 0 Å². The summed E-state index contributed by atoms with van der Waals surface area (Å²) >= 11 is 0. The zero-order valence-electron chi connectivity index (χ0n) is 11.6. The van der Waals surface area contributed by atoms with Crippen LogP contribution < -0.4 is 10.1 Å². The Kier molecular flexibility index (Phi) is 6.60. The highest BCUT2D eigenvalue weighted by atomic mass is 16.5. The van der Waals surface area contributed by atoms with Crippen LogP contribution in [0.1, 0.15) is 18.9 Å². The SMILES string of the molecule is CC/C(=C/CNCc1ccc(OC)nc1)C(=O)OC. The van der Waals surface area contributed by atoms with Gasteiger partial charge in [-0.15, -0.1) is 0 Å². The van der Waals surface area contributed by atoms with Crippen LogP contribution in [0.25, 0.3) is 0 Å². The third kappa shape index (κ3) is 5.09. The van der Waals surface area contributed by atoms with Crippen LogP contribution in [0.15, 0.2) is 30.0 Å². The molecule has 0 aliphatic rings. The molecule has 0 saturated carbocycles. The normalized spacial score (nSPS) is 11.2. The van der Waals surface area contributed by atoms with Crippen molar-refractivity contribution >= 4 is 5.97 Å². The number of aromatic nitrogens is 1. The van der Waals surface area contributed by atoms with Gasteiger partial charge in [0.2, 0.25) is 5.88 Å². The number of nitrogens with zero attached hydrogens (tertiary/aromatic N) is 1. The molecule has 1 aromatic heterocycles. The first-order valence-corrected chi connectivity index (χ1v) is 6.18. The number of nitrogens with one attached hydrogen (secondary N) is 1. The number of esters is 1. The molecule has 1 aromatic rings. The van der Waals surface area contributed by atoms with Crippen molar-refractivity contribution in [1.29, 1.82) is 0 Å². The van der Waals surface area contributed by atoms with Crippen LogP contribution in [0.4, 0.5) is 0 Å². The number of pyridine rings is 1. The van der Waals surface area contributed by atoms with Crippen molar-refractivity contribution in [1.82, 2.24) is 10.3 Å². The molecule has 0 aliphatic heterocycles. The lowest BCUT2D eigenvalue weighted by Gasteiger charge is -2.05. The van der Waals surface area contributed by atoms with Crippen molar-refractivity contribution in [2.24, 2.45) is 0 Å². The minimum absolute atomic E-state index is 0.268. The van der Waals surface area contributed by atoms with Gasteiger partial charge in [0.1, 0.15) is 0 Å². The summed E-state index contributed by atoms with van der Waals surface area (Å²) in [6.07, 6.45) is 4.28. The number of hydrogen-bond donors (Lipinski definition) is 1. The fourth-order valence-corrected chi connectivity index (χ4v) is 1.55. The predicted octanol–water partition coefficient (Wildman–Crippen LogP) is 1.69. The molecule has 0 unspecified atom stereocenters. The minimum Gasteiger partial charge on any atom is -0.481 e. The van der Waals surface area contributed by atoms with Gasteiger partial charge in [0.15, 0.2) is 0 Å². The Hall–Kier alpha value is -1.88. The van der Waals surface area contributed by atoms with Gasteiger partial charge in [-0.1, -0.05) is 19.1 Å². The molecule has 0 aliphatic carbocycles. The summed E-state index contributed by atoms with van der Waals surface area (Å²) in [5, 5.41) is 3.22. The highest BCUT2D eigenvalue weighted by Gasteiger charge is 2.05. The predicted molar refractivity (Wildman–Crippen MR) is 72.9 cm³/mol. The van der Waals surface area contributed by atoms with Gasteiger partial charge in [0.25, 0.3) is 0 Å². The third-order valence-corrected chi connectivity index (χ3v) is 2.66. The van der Waals surface area contributed by atoms with Gasteiger partial charge in [-0.25, -0.2) is 9.78 Å². The standard InChI is InChI=1S/C14H20N2O3/c1-4-12(14(17)19-3)7-8-15-9-11-5-6-13(18-2)16-10-11/h5-7,10,15H,4,8-9H2,1-3H3/b12-7-. The zero-order chi connectivity index (χ0) is 14.1. The van der Waals surface area contributed by atoms with Crippen LogP contribution in [-0.2, 0) is 16.1 Å². The molecule has 19 heavy (non-hydrogen) atoms. The lowest BCUT2D eigenvalue weighted by molar-refractivity contribution is -0.136. The van der Waals surface area contributed by atoms with E-state index in [0.717, 1.165) is 5.56 Å². The first kappa shape index (κ1) is 15.2. The molecule has 0 amide bonds. The number of carbonyl (C=O) groups excluding carboxylic acids is 1. The maximum atomic E-state index is 11.3. The number of hydrogen-bond acceptors (Lipinski definition) is 5. The Balaban J connectivity index is 2.40. The molecule has 1 rings (SSSR count). The summed E-state index contributed by atoms with van der Waals surface area (Å²) in [7, 11) is 2.98. The molecule has 0 bridgehead atoms. The van der Waals surface area contributed by atoms with Gasteiger partial charge in [0, 0.05) is 30.9 Å². The molecule has 0 atom stereocenters. The average molecular weight is 264 g/mol. The van der Waals surface area contributed by atoms with Gasteiger partial charge in [-0.3, -0.25) is 0 Å². The number of methoxy groups -OCH3 is 2. The Labute approximate surface area is 113 Å². The summed E-state index contributed by atoms with van der Waals surface area (Å²) in [5.74, 6) is 0.332. The number of rotatable bonds is 7. The summed E-state index contributed by atoms with van der Waals surface area (Å²) in [4.78, 5) is 15.5. The van der Waals surface area contributed by atoms with E-state index in [9.17, 15) is 4.79 Å². The molecule has 5 nitrogen and oxygen atoms in total. The van der Waals surface area contributed by atoms with E-state index < -0.39 is 0 Å². The second-order valence-electron chi connectivity index (χ2n) is 3.91. The van der Waals surface area contributed by atoms with Crippen LogP contribution in [0.2, 0.25) is 0 Å². The molecular formula is C14H20N2O3. The Morgan fingerprint density at radius 1 is 1.42 bits per heavy atom. The van der Waals surface area contributed by atoms with E-state index >= 15 is 0 Å². The molecule has 0 saturated heterocycles. The second kappa shape index (κ2) is 8.26. The molecule has 104 valence electrons.